The maximum Gasteiger partial charge on any atom is 0.270 e. The van der Waals surface area contributed by atoms with Gasteiger partial charge >= 0.3 is 0 Å². The van der Waals surface area contributed by atoms with Crippen LogP contribution >= 0.6 is 11.6 Å². The highest BCUT2D eigenvalue weighted by Gasteiger charge is 2.39. The summed E-state index contributed by atoms with van der Waals surface area (Å²) < 4.78 is 0. The van der Waals surface area contributed by atoms with Crippen molar-refractivity contribution in [1.82, 2.24) is 4.90 Å². The first kappa shape index (κ1) is 22.6. The summed E-state index contributed by atoms with van der Waals surface area (Å²) in [6.45, 7) is 0.859. The number of nitro benzene ring substituents is 1. The Morgan fingerprint density at radius 2 is 1.34 bits per heavy atom. The van der Waals surface area contributed by atoms with Gasteiger partial charge in [0.1, 0.15) is 6.17 Å². The Kier molecular flexibility index (Phi) is 6.21. The molecule has 0 bridgehead atoms. The van der Waals surface area contributed by atoms with Crippen molar-refractivity contribution in [3.63, 3.8) is 0 Å². The number of amides is 1. The SMILES string of the molecule is O=C1c2cc([N+](=O)[O-])ccc2N(Cc2ccccc2)[C@H](c2ccc(Cl)cc2)N1Cc1ccccc1. The maximum atomic E-state index is 13.9. The van der Waals surface area contributed by atoms with E-state index in [0.717, 1.165) is 16.7 Å². The summed E-state index contributed by atoms with van der Waals surface area (Å²) in [6.07, 6.45) is -0.436. The second-order valence-electron chi connectivity index (χ2n) is 8.42. The molecule has 1 atom stereocenters. The van der Waals surface area contributed by atoms with E-state index in [9.17, 15) is 14.9 Å². The van der Waals surface area contributed by atoms with E-state index in [4.69, 9.17) is 11.6 Å². The first-order valence-electron chi connectivity index (χ1n) is 11.2. The number of hydrogen-bond donors (Lipinski definition) is 0. The zero-order valence-electron chi connectivity index (χ0n) is 18.8. The van der Waals surface area contributed by atoms with Crippen molar-refractivity contribution in [3.05, 3.63) is 141 Å². The highest BCUT2D eigenvalue weighted by Crippen LogP contribution is 2.42. The lowest BCUT2D eigenvalue weighted by Crippen LogP contribution is -2.48. The normalized spacial score (nSPS) is 15.1. The van der Waals surface area contributed by atoms with Crippen LogP contribution in [0.3, 0.4) is 0 Å². The van der Waals surface area contributed by atoms with Gasteiger partial charge in [-0.2, -0.15) is 0 Å². The fraction of sp³-hybridized carbons (Fsp3) is 0.107. The molecule has 4 aromatic rings. The smallest absolute Gasteiger partial charge is 0.270 e. The molecule has 0 fully saturated rings. The second-order valence-corrected chi connectivity index (χ2v) is 8.85. The van der Waals surface area contributed by atoms with Gasteiger partial charge in [-0.1, -0.05) is 84.4 Å². The maximum absolute atomic E-state index is 13.9. The molecule has 6 nitrogen and oxygen atoms in total. The van der Waals surface area contributed by atoms with Crippen LogP contribution in [0.5, 0.6) is 0 Å². The van der Waals surface area contributed by atoms with E-state index < -0.39 is 11.1 Å². The van der Waals surface area contributed by atoms with Gasteiger partial charge in [0.2, 0.25) is 0 Å². The number of hydrogen-bond acceptors (Lipinski definition) is 4. The van der Waals surface area contributed by atoms with Crippen molar-refractivity contribution in [2.75, 3.05) is 4.90 Å². The predicted molar refractivity (Wildman–Crippen MR) is 136 cm³/mol. The Bertz CT molecular complexity index is 1360. The number of benzene rings is 4. The van der Waals surface area contributed by atoms with E-state index in [-0.39, 0.29) is 11.6 Å². The molecule has 1 aliphatic heterocycles. The molecular formula is C28H22ClN3O3. The first-order valence-corrected chi connectivity index (χ1v) is 11.6. The molecule has 1 heterocycles. The fourth-order valence-electron chi connectivity index (χ4n) is 4.51. The van der Waals surface area contributed by atoms with Crippen molar-refractivity contribution in [3.8, 4) is 0 Å². The molecule has 0 aliphatic carbocycles. The Hall–Kier alpha value is -4.16. The fourth-order valence-corrected chi connectivity index (χ4v) is 4.64. The number of halogens is 1. The van der Waals surface area contributed by atoms with Crippen LogP contribution in [0.4, 0.5) is 11.4 Å². The van der Waals surface area contributed by atoms with E-state index in [1.54, 1.807) is 11.0 Å². The molecule has 7 heteroatoms. The average molecular weight is 484 g/mol. The van der Waals surface area contributed by atoms with Gasteiger partial charge in [0.25, 0.3) is 11.6 Å². The van der Waals surface area contributed by atoms with Gasteiger partial charge in [-0.3, -0.25) is 14.9 Å². The standard InChI is InChI=1S/C28H22ClN3O3/c29-23-13-11-22(12-14-23)27-30(18-20-7-3-1-4-8-20)26-16-15-24(32(34)35)17-25(26)28(33)31(27)19-21-9-5-2-6-10-21/h1-17,27H,18-19H2/t27-/m0/s1. The highest BCUT2D eigenvalue weighted by atomic mass is 35.5. The third-order valence-electron chi connectivity index (χ3n) is 6.14. The lowest BCUT2D eigenvalue weighted by atomic mass is 9.98. The minimum absolute atomic E-state index is 0.110. The third-order valence-corrected chi connectivity index (χ3v) is 6.39. The van der Waals surface area contributed by atoms with Crippen LogP contribution in [-0.4, -0.2) is 15.7 Å². The zero-order valence-corrected chi connectivity index (χ0v) is 19.5. The molecule has 0 saturated heterocycles. The largest absolute Gasteiger partial charge is 0.342 e. The molecule has 0 saturated carbocycles. The van der Waals surface area contributed by atoms with E-state index in [1.165, 1.54) is 12.1 Å². The Labute approximate surface area is 208 Å². The summed E-state index contributed by atoms with van der Waals surface area (Å²) in [5.41, 5.74) is 3.79. The summed E-state index contributed by atoms with van der Waals surface area (Å²) in [5.74, 6) is -0.253. The Balaban J connectivity index is 1.69. The molecule has 174 valence electrons. The van der Waals surface area contributed by atoms with Crippen molar-refractivity contribution < 1.29 is 9.72 Å². The molecule has 0 aromatic heterocycles. The van der Waals surface area contributed by atoms with Gasteiger partial charge in [-0.25, -0.2) is 0 Å². The van der Waals surface area contributed by atoms with Gasteiger partial charge in [-0.15, -0.1) is 0 Å². The molecule has 4 aromatic carbocycles. The van der Waals surface area contributed by atoms with Crippen LogP contribution < -0.4 is 4.90 Å². The van der Waals surface area contributed by atoms with Gasteiger partial charge in [0, 0.05) is 30.2 Å². The average Bonchev–Trinajstić information content (AvgIpc) is 2.88. The van der Waals surface area contributed by atoms with Crippen LogP contribution in [0.15, 0.2) is 103 Å². The second kappa shape index (κ2) is 9.60. The Morgan fingerprint density at radius 3 is 1.91 bits per heavy atom. The molecule has 0 spiro atoms. The number of rotatable bonds is 6. The van der Waals surface area contributed by atoms with Crippen LogP contribution in [0, 0.1) is 10.1 Å². The minimum atomic E-state index is -0.470. The van der Waals surface area contributed by atoms with Crippen molar-refractivity contribution in [2.24, 2.45) is 0 Å². The van der Waals surface area contributed by atoms with E-state index in [2.05, 4.69) is 4.90 Å². The number of fused-ring (bicyclic) bond motifs is 1. The van der Waals surface area contributed by atoms with Crippen molar-refractivity contribution in [2.45, 2.75) is 19.3 Å². The number of carbonyl (C=O) groups excluding carboxylic acids is 1. The van der Waals surface area contributed by atoms with Gasteiger partial charge < -0.3 is 9.80 Å². The molecule has 5 rings (SSSR count). The monoisotopic (exact) mass is 483 g/mol. The molecular weight excluding hydrogens is 462 g/mol. The lowest BCUT2D eigenvalue weighted by molar-refractivity contribution is -0.384. The van der Waals surface area contributed by atoms with E-state index in [1.807, 2.05) is 84.9 Å². The molecule has 35 heavy (non-hydrogen) atoms. The summed E-state index contributed by atoms with van der Waals surface area (Å²) in [6, 6.07) is 31.7. The van der Waals surface area contributed by atoms with Crippen LogP contribution in [-0.2, 0) is 13.1 Å². The first-order chi connectivity index (χ1) is 17.0. The van der Waals surface area contributed by atoms with E-state index in [0.29, 0.717) is 29.4 Å². The summed E-state index contributed by atoms with van der Waals surface area (Å²) in [7, 11) is 0. The van der Waals surface area contributed by atoms with Gasteiger partial charge in [0.15, 0.2) is 0 Å². The predicted octanol–water partition coefficient (Wildman–Crippen LogP) is 6.61. The number of anilines is 1. The molecule has 0 N–H and O–H groups in total. The van der Waals surface area contributed by atoms with Gasteiger partial charge in [0.05, 0.1) is 16.2 Å². The van der Waals surface area contributed by atoms with Crippen LogP contribution in [0.25, 0.3) is 0 Å². The van der Waals surface area contributed by atoms with Crippen LogP contribution in [0.2, 0.25) is 5.02 Å². The molecule has 1 aliphatic rings. The summed E-state index contributed by atoms with van der Waals surface area (Å²) in [5, 5.41) is 12.1. The quantitative estimate of drug-likeness (QED) is 0.228. The zero-order chi connectivity index (χ0) is 24.4. The van der Waals surface area contributed by atoms with Crippen molar-refractivity contribution in [1.29, 1.82) is 0 Å². The number of nitrogens with zero attached hydrogens (tertiary/aromatic N) is 3. The molecule has 0 radical (unpaired) electrons. The summed E-state index contributed by atoms with van der Waals surface area (Å²) >= 11 is 6.18. The minimum Gasteiger partial charge on any atom is -0.342 e. The van der Waals surface area contributed by atoms with Crippen LogP contribution in [0.1, 0.15) is 33.2 Å². The molecule has 1 amide bonds. The van der Waals surface area contributed by atoms with Crippen molar-refractivity contribution >= 4 is 28.9 Å². The van der Waals surface area contributed by atoms with E-state index >= 15 is 0 Å². The lowest BCUT2D eigenvalue weighted by Gasteiger charge is -2.46. The number of nitro groups is 1. The number of carbonyl (C=O) groups is 1. The highest BCUT2D eigenvalue weighted by molar-refractivity contribution is 6.30. The Morgan fingerprint density at radius 1 is 0.771 bits per heavy atom. The molecule has 0 unspecified atom stereocenters. The third kappa shape index (κ3) is 4.61. The van der Waals surface area contributed by atoms with Gasteiger partial charge in [-0.05, 0) is 34.9 Å². The number of non-ortho nitro benzene ring substituents is 1. The topological polar surface area (TPSA) is 66.7 Å². The summed E-state index contributed by atoms with van der Waals surface area (Å²) in [4.78, 5) is 28.8.